The van der Waals surface area contributed by atoms with E-state index < -0.39 is 0 Å². The van der Waals surface area contributed by atoms with Crippen LogP contribution in [0.1, 0.15) is 44.1 Å². The summed E-state index contributed by atoms with van der Waals surface area (Å²) in [5.74, 6) is 3.90. The van der Waals surface area contributed by atoms with Gasteiger partial charge in [0, 0.05) is 36.6 Å². The molecule has 0 aromatic carbocycles. The van der Waals surface area contributed by atoms with Gasteiger partial charge in [-0.15, -0.1) is 11.6 Å². The molecule has 1 aliphatic heterocycles. The second-order valence-corrected chi connectivity index (χ2v) is 5.84. The molecule has 0 bridgehead atoms. The van der Waals surface area contributed by atoms with Gasteiger partial charge in [-0.2, -0.15) is 0 Å². The number of nitrogens with zero attached hydrogens (tertiary/aromatic N) is 3. The van der Waals surface area contributed by atoms with Gasteiger partial charge in [-0.3, -0.25) is 0 Å². The molecule has 1 aromatic rings. The average molecular weight is 268 g/mol. The van der Waals surface area contributed by atoms with E-state index in [-0.39, 0.29) is 0 Å². The summed E-state index contributed by atoms with van der Waals surface area (Å²) < 4.78 is 0. The second kappa shape index (κ2) is 5.87. The van der Waals surface area contributed by atoms with E-state index in [1.807, 2.05) is 6.92 Å². The van der Waals surface area contributed by atoms with E-state index in [1.54, 1.807) is 0 Å². The van der Waals surface area contributed by atoms with Crippen LogP contribution in [-0.2, 0) is 0 Å². The van der Waals surface area contributed by atoms with Crippen LogP contribution >= 0.6 is 11.6 Å². The molecular formula is C14H22ClN3. The van der Waals surface area contributed by atoms with E-state index in [0.29, 0.717) is 5.92 Å². The molecule has 1 atom stereocenters. The van der Waals surface area contributed by atoms with Crippen molar-refractivity contribution in [1.82, 2.24) is 9.97 Å². The molecule has 2 heterocycles. The molecule has 2 rings (SSSR count). The molecule has 0 radical (unpaired) electrons. The molecule has 3 nitrogen and oxygen atoms in total. The van der Waals surface area contributed by atoms with Crippen molar-refractivity contribution < 1.29 is 0 Å². The van der Waals surface area contributed by atoms with Crippen LogP contribution in [0.4, 0.5) is 5.82 Å². The van der Waals surface area contributed by atoms with E-state index >= 15 is 0 Å². The van der Waals surface area contributed by atoms with Crippen molar-refractivity contribution in [2.75, 3.05) is 23.9 Å². The maximum absolute atomic E-state index is 5.82. The molecule has 1 unspecified atom stereocenters. The van der Waals surface area contributed by atoms with Gasteiger partial charge in [-0.1, -0.05) is 13.8 Å². The summed E-state index contributed by atoms with van der Waals surface area (Å²) in [4.78, 5) is 11.6. The van der Waals surface area contributed by atoms with Crippen molar-refractivity contribution in [3.63, 3.8) is 0 Å². The third kappa shape index (κ3) is 3.14. The molecule has 0 aliphatic carbocycles. The Hall–Kier alpha value is -0.830. The average Bonchev–Trinajstić information content (AvgIpc) is 2.77. The van der Waals surface area contributed by atoms with Crippen molar-refractivity contribution in [3.8, 4) is 0 Å². The van der Waals surface area contributed by atoms with E-state index in [4.69, 9.17) is 16.6 Å². The minimum Gasteiger partial charge on any atom is -0.356 e. The highest BCUT2D eigenvalue weighted by Crippen LogP contribution is 2.26. The number of anilines is 1. The third-order valence-corrected chi connectivity index (χ3v) is 3.72. The molecule has 0 saturated carbocycles. The first-order chi connectivity index (χ1) is 8.60. The highest BCUT2D eigenvalue weighted by molar-refractivity contribution is 6.17. The van der Waals surface area contributed by atoms with Gasteiger partial charge in [-0.25, -0.2) is 9.97 Å². The first kappa shape index (κ1) is 13.6. The maximum atomic E-state index is 5.82. The molecule has 0 amide bonds. The lowest BCUT2D eigenvalue weighted by molar-refractivity contribution is 0.572. The minimum absolute atomic E-state index is 0.380. The molecule has 1 aliphatic rings. The Labute approximate surface area is 115 Å². The van der Waals surface area contributed by atoms with Crippen molar-refractivity contribution in [1.29, 1.82) is 0 Å². The van der Waals surface area contributed by atoms with Crippen molar-refractivity contribution in [2.45, 2.75) is 39.5 Å². The summed E-state index contributed by atoms with van der Waals surface area (Å²) in [6, 6.07) is 2.09. The van der Waals surface area contributed by atoms with Crippen LogP contribution in [0.3, 0.4) is 0 Å². The van der Waals surface area contributed by atoms with E-state index in [2.05, 4.69) is 29.8 Å². The Kier molecular flexibility index (Phi) is 4.44. The fraction of sp³-hybridized carbons (Fsp3) is 0.714. The minimum atomic E-state index is 0.380. The molecular weight excluding hydrogens is 246 g/mol. The van der Waals surface area contributed by atoms with Crippen LogP contribution < -0.4 is 4.90 Å². The first-order valence-electron chi connectivity index (χ1n) is 6.76. The highest BCUT2D eigenvalue weighted by atomic mass is 35.5. The lowest BCUT2D eigenvalue weighted by atomic mass is 10.1. The standard InChI is InChI=1S/C14H22ClN3/c1-10(2)14-16-11(3)8-13(17-14)18-7-5-12(9-18)4-6-15/h8,10,12H,4-7,9H2,1-3H3. The highest BCUT2D eigenvalue weighted by Gasteiger charge is 2.23. The van der Waals surface area contributed by atoms with Gasteiger partial charge >= 0.3 is 0 Å². The van der Waals surface area contributed by atoms with E-state index in [9.17, 15) is 0 Å². The van der Waals surface area contributed by atoms with Crippen molar-refractivity contribution in [3.05, 3.63) is 17.6 Å². The van der Waals surface area contributed by atoms with E-state index in [0.717, 1.165) is 48.6 Å². The monoisotopic (exact) mass is 267 g/mol. The summed E-state index contributed by atoms with van der Waals surface area (Å²) in [6.45, 7) is 8.50. The maximum Gasteiger partial charge on any atom is 0.133 e. The van der Waals surface area contributed by atoms with E-state index in [1.165, 1.54) is 6.42 Å². The fourth-order valence-electron chi connectivity index (χ4n) is 2.43. The van der Waals surface area contributed by atoms with Gasteiger partial charge in [0.05, 0.1) is 0 Å². The normalized spacial score (nSPS) is 19.8. The zero-order valence-electron chi connectivity index (χ0n) is 11.5. The fourth-order valence-corrected chi connectivity index (χ4v) is 2.73. The third-order valence-electron chi connectivity index (χ3n) is 3.50. The summed E-state index contributed by atoms with van der Waals surface area (Å²) in [5, 5.41) is 0. The molecule has 0 N–H and O–H groups in total. The number of hydrogen-bond acceptors (Lipinski definition) is 3. The van der Waals surface area contributed by atoms with Crippen LogP contribution in [0.2, 0.25) is 0 Å². The summed E-state index contributed by atoms with van der Waals surface area (Å²) in [7, 11) is 0. The molecule has 1 fully saturated rings. The van der Waals surface area contributed by atoms with Crippen LogP contribution in [-0.4, -0.2) is 28.9 Å². The number of halogens is 1. The predicted molar refractivity (Wildman–Crippen MR) is 76.5 cm³/mol. The molecule has 1 aromatic heterocycles. The predicted octanol–water partition coefficient (Wildman–Crippen LogP) is 3.36. The number of hydrogen-bond donors (Lipinski definition) is 0. The van der Waals surface area contributed by atoms with Gasteiger partial charge in [0.1, 0.15) is 11.6 Å². The van der Waals surface area contributed by atoms with Crippen LogP contribution in [0.5, 0.6) is 0 Å². The zero-order chi connectivity index (χ0) is 13.1. The Balaban J connectivity index is 2.14. The van der Waals surface area contributed by atoms with Gasteiger partial charge in [-0.05, 0) is 25.7 Å². The first-order valence-corrected chi connectivity index (χ1v) is 7.30. The number of alkyl halides is 1. The second-order valence-electron chi connectivity index (χ2n) is 5.46. The smallest absolute Gasteiger partial charge is 0.133 e. The number of aromatic nitrogens is 2. The lowest BCUT2D eigenvalue weighted by Gasteiger charge is -2.19. The number of aryl methyl sites for hydroxylation is 1. The van der Waals surface area contributed by atoms with Crippen LogP contribution in [0.15, 0.2) is 6.07 Å². The largest absolute Gasteiger partial charge is 0.356 e. The molecule has 100 valence electrons. The molecule has 4 heteroatoms. The molecule has 1 saturated heterocycles. The SMILES string of the molecule is Cc1cc(N2CCC(CCCl)C2)nc(C(C)C)n1. The van der Waals surface area contributed by atoms with Gasteiger partial charge in [0.25, 0.3) is 0 Å². The Morgan fingerprint density at radius 3 is 2.89 bits per heavy atom. The van der Waals surface area contributed by atoms with Crippen molar-refractivity contribution >= 4 is 17.4 Å². The zero-order valence-corrected chi connectivity index (χ0v) is 12.2. The van der Waals surface area contributed by atoms with Crippen LogP contribution in [0, 0.1) is 12.8 Å². The summed E-state index contributed by atoms with van der Waals surface area (Å²) >= 11 is 5.82. The molecule has 0 spiro atoms. The van der Waals surface area contributed by atoms with Gasteiger partial charge in [0.15, 0.2) is 0 Å². The Morgan fingerprint density at radius 2 is 2.22 bits per heavy atom. The number of rotatable bonds is 4. The summed E-state index contributed by atoms with van der Waals surface area (Å²) in [6.07, 6.45) is 2.34. The topological polar surface area (TPSA) is 29.0 Å². The van der Waals surface area contributed by atoms with Gasteiger partial charge in [0.2, 0.25) is 0 Å². The lowest BCUT2D eigenvalue weighted by Crippen LogP contribution is -2.22. The Morgan fingerprint density at radius 1 is 1.44 bits per heavy atom. The van der Waals surface area contributed by atoms with Crippen LogP contribution in [0.25, 0.3) is 0 Å². The quantitative estimate of drug-likeness (QED) is 0.784. The Bertz CT molecular complexity index is 406. The van der Waals surface area contributed by atoms with Crippen molar-refractivity contribution in [2.24, 2.45) is 5.92 Å². The summed E-state index contributed by atoms with van der Waals surface area (Å²) in [5.41, 5.74) is 1.06. The molecule has 18 heavy (non-hydrogen) atoms. The van der Waals surface area contributed by atoms with Gasteiger partial charge < -0.3 is 4.90 Å².